The van der Waals surface area contributed by atoms with Gasteiger partial charge in [-0.2, -0.15) is 0 Å². The van der Waals surface area contributed by atoms with Crippen LogP contribution >= 0.6 is 0 Å². The largest absolute Gasteiger partial charge is 0.412 e. The Balaban J connectivity index is 5.12. The molecule has 108 valence electrons. The van der Waals surface area contributed by atoms with E-state index in [9.17, 15) is 8.42 Å². The topological polar surface area (TPSA) is 69.4 Å². The van der Waals surface area contributed by atoms with Gasteiger partial charge in [-0.05, 0) is 31.5 Å². The second-order valence-electron chi connectivity index (χ2n) is 6.24. The van der Waals surface area contributed by atoms with Crippen molar-refractivity contribution in [1.29, 1.82) is 0 Å². The van der Waals surface area contributed by atoms with E-state index in [-0.39, 0.29) is 5.04 Å². The summed E-state index contributed by atoms with van der Waals surface area (Å²) >= 11 is 0. The molecule has 0 amide bonds. The smallest absolute Gasteiger partial charge is 0.214 e. The van der Waals surface area contributed by atoms with Crippen LogP contribution in [0, 0.1) is 0 Å². The summed E-state index contributed by atoms with van der Waals surface area (Å²) in [4.78, 5) is 0. The molecule has 2 N–H and O–H groups in total. The van der Waals surface area contributed by atoms with Gasteiger partial charge in [0.2, 0.25) is 10.0 Å². The van der Waals surface area contributed by atoms with Crippen molar-refractivity contribution >= 4 is 18.3 Å². The summed E-state index contributed by atoms with van der Waals surface area (Å²) in [6.45, 7) is 15.8. The molecule has 0 radical (unpaired) electrons. The van der Waals surface area contributed by atoms with Crippen LogP contribution in [0.3, 0.4) is 0 Å². The monoisotopic (exact) mass is 293 g/mol. The second kappa shape index (κ2) is 5.86. The highest BCUT2D eigenvalue weighted by atomic mass is 32.2. The van der Waals surface area contributed by atoms with Crippen molar-refractivity contribution in [2.45, 2.75) is 63.6 Å². The molecule has 0 heterocycles. The van der Waals surface area contributed by atoms with Gasteiger partial charge in [0.05, 0.1) is 11.4 Å². The molecule has 0 saturated heterocycles. The summed E-state index contributed by atoms with van der Waals surface area (Å²) in [6, 6.07) is 0. The molecule has 0 aliphatic carbocycles. The van der Waals surface area contributed by atoms with Crippen molar-refractivity contribution in [2.24, 2.45) is 5.14 Å². The van der Waals surface area contributed by atoms with E-state index in [2.05, 4.69) is 40.4 Å². The zero-order valence-corrected chi connectivity index (χ0v) is 14.2. The van der Waals surface area contributed by atoms with Gasteiger partial charge in [0.25, 0.3) is 0 Å². The van der Waals surface area contributed by atoms with E-state index in [1.54, 1.807) is 13.0 Å². The van der Waals surface area contributed by atoms with Crippen LogP contribution in [-0.2, 0) is 14.4 Å². The Morgan fingerprint density at radius 1 is 1.39 bits per heavy atom. The molecule has 18 heavy (non-hydrogen) atoms. The van der Waals surface area contributed by atoms with Crippen LogP contribution in [-0.4, -0.2) is 28.1 Å². The number of rotatable bonds is 6. The fourth-order valence-electron chi connectivity index (χ4n) is 1.27. The lowest BCUT2D eigenvalue weighted by Crippen LogP contribution is -2.48. The van der Waals surface area contributed by atoms with Gasteiger partial charge in [-0.3, -0.25) is 0 Å². The maximum absolute atomic E-state index is 11.5. The van der Waals surface area contributed by atoms with E-state index in [1.165, 1.54) is 0 Å². The average molecular weight is 294 g/mol. The minimum Gasteiger partial charge on any atom is -0.412 e. The van der Waals surface area contributed by atoms with E-state index >= 15 is 0 Å². The second-order valence-corrected chi connectivity index (χ2v) is 12.9. The molecule has 0 spiro atoms. The normalized spacial score (nSPS) is 17.3. The van der Waals surface area contributed by atoms with Crippen molar-refractivity contribution < 1.29 is 12.8 Å². The molecule has 0 unspecified atom stereocenters. The van der Waals surface area contributed by atoms with Crippen molar-refractivity contribution in [1.82, 2.24) is 0 Å². The van der Waals surface area contributed by atoms with Crippen LogP contribution in [0.1, 0.15) is 34.1 Å². The van der Waals surface area contributed by atoms with Crippen molar-refractivity contribution in [2.75, 3.05) is 0 Å². The third-order valence-electron chi connectivity index (χ3n) is 3.69. The van der Waals surface area contributed by atoms with E-state index in [1.807, 2.05) is 0 Å². The van der Waals surface area contributed by atoms with Gasteiger partial charge >= 0.3 is 0 Å². The van der Waals surface area contributed by atoms with Gasteiger partial charge in [0, 0.05) is 0 Å². The Bertz CT molecular complexity index is 385. The number of hydrogen-bond donors (Lipinski definition) is 1. The predicted octanol–water partition coefficient (Wildman–Crippen LogP) is 2.63. The van der Waals surface area contributed by atoms with Gasteiger partial charge in [-0.15, -0.1) is 6.58 Å². The van der Waals surface area contributed by atoms with Crippen molar-refractivity contribution in [3.63, 3.8) is 0 Å². The molecule has 6 heteroatoms. The summed E-state index contributed by atoms with van der Waals surface area (Å²) in [5, 5.41) is 4.53. The van der Waals surface area contributed by atoms with Crippen molar-refractivity contribution in [3.8, 4) is 0 Å². The predicted molar refractivity (Wildman–Crippen MR) is 79.5 cm³/mol. The summed E-state index contributed by atoms with van der Waals surface area (Å²) in [5.41, 5.74) is 0. The van der Waals surface area contributed by atoms with Crippen LogP contribution < -0.4 is 5.14 Å². The molecule has 2 atom stereocenters. The minimum absolute atomic E-state index is 0.0322. The molecule has 0 aliphatic heterocycles. The molecule has 0 aromatic heterocycles. The number of primary sulfonamides is 1. The quantitative estimate of drug-likeness (QED) is 0.604. The van der Waals surface area contributed by atoms with E-state index in [0.29, 0.717) is 6.42 Å². The van der Waals surface area contributed by atoms with Gasteiger partial charge in [0.15, 0.2) is 8.32 Å². The Kier molecular flexibility index (Phi) is 5.80. The zero-order chi connectivity index (χ0) is 14.8. The molecule has 0 bridgehead atoms. The molecule has 0 aliphatic rings. The van der Waals surface area contributed by atoms with E-state index in [0.717, 1.165) is 0 Å². The summed E-state index contributed by atoms with van der Waals surface area (Å²) in [7, 11) is -5.61. The Labute approximate surface area is 113 Å². The van der Waals surface area contributed by atoms with Crippen LogP contribution in [0.5, 0.6) is 0 Å². The lowest BCUT2D eigenvalue weighted by atomic mass is 10.2. The molecule has 0 saturated carbocycles. The first kappa shape index (κ1) is 17.8. The van der Waals surface area contributed by atoms with Gasteiger partial charge < -0.3 is 4.43 Å². The first-order valence-electron chi connectivity index (χ1n) is 6.13. The van der Waals surface area contributed by atoms with Crippen molar-refractivity contribution in [3.05, 3.63) is 12.7 Å². The Hall–Kier alpha value is -0.173. The first-order valence-corrected chi connectivity index (χ1v) is 10.6. The van der Waals surface area contributed by atoms with Gasteiger partial charge in [0.1, 0.15) is 0 Å². The van der Waals surface area contributed by atoms with Crippen LogP contribution in [0.25, 0.3) is 0 Å². The molecular formula is C12H27NO3SSi. The maximum Gasteiger partial charge on any atom is 0.214 e. The summed E-state index contributed by atoms with van der Waals surface area (Å²) in [5.74, 6) is 0. The van der Waals surface area contributed by atoms with Gasteiger partial charge in [-0.25, -0.2) is 13.6 Å². The Morgan fingerprint density at radius 2 is 1.83 bits per heavy atom. The van der Waals surface area contributed by atoms with Crippen LogP contribution in [0.2, 0.25) is 18.1 Å². The molecule has 0 aromatic carbocycles. The lowest BCUT2D eigenvalue weighted by Gasteiger charge is -2.40. The fourth-order valence-corrected chi connectivity index (χ4v) is 3.37. The number of sulfonamides is 1. The standard InChI is InChI=1S/C12H27NO3SSi/c1-8-9-11(10(2)17(13,14)15)16-18(6,7)12(3,4)5/h8,10-11H,1,9H2,2-7H3,(H2,13,14,15)/t10-,11-/m1/s1. The zero-order valence-electron chi connectivity index (χ0n) is 12.4. The molecule has 4 nitrogen and oxygen atoms in total. The average Bonchev–Trinajstić information content (AvgIpc) is 2.12. The maximum atomic E-state index is 11.5. The fraction of sp³-hybridized carbons (Fsp3) is 0.833. The van der Waals surface area contributed by atoms with Crippen LogP contribution in [0.4, 0.5) is 0 Å². The first-order chi connectivity index (χ1) is 7.83. The SMILES string of the molecule is C=CC[C@@H](O[Si](C)(C)C(C)(C)C)[C@@H](C)S(N)(=O)=O. The number of nitrogens with two attached hydrogens (primary N) is 1. The third-order valence-corrected chi connectivity index (χ3v) is 9.54. The molecule has 0 fully saturated rings. The van der Waals surface area contributed by atoms with Crippen LogP contribution in [0.15, 0.2) is 12.7 Å². The van der Waals surface area contributed by atoms with E-state index in [4.69, 9.17) is 9.56 Å². The van der Waals surface area contributed by atoms with E-state index < -0.39 is 29.7 Å². The Morgan fingerprint density at radius 3 is 2.11 bits per heavy atom. The molecule has 0 rings (SSSR count). The third kappa shape index (κ3) is 4.83. The lowest BCUT2D eigenvalue weighted by molar-refractivity contribution is 0.181. The highest BCUT2D eigenvalue weighted by molar-refractivity contribution is 7.89. The highest BCUT2D eigenvalue weighted by Gasteiger charge is 2.41. The molecular weight excluding hydrogens is 266 g/mol. The van der Waals surface area contributed by atoms with Gasteiger partial charge in [-0.1, -0.05) is 26.8 Å². The number of hydrogen-bond acceptors (Lipinski definition) is 3. The summed E-state index contributed by atoms with van der Waals surface area (Å²) in [6.07, 6.45) is 1.75. The molecule has 0 aromatic rings. The summed E-state index contributed by atoms with van der Waals surface area (Å²) < 4.78 is 29.1. The minimum atomic E-state index is -3.59. The highest BCUT2D eigenvalue weighted by Crippen LogP contribution is 2.38.